The minimum atomic E-state index is 0.572. The van der Waals surface area contributed by atoms with Crippen LogP contribution in [0.25, 0.3) is 11.1 Å². The summed E-state index contributed by atoms with van der Waals surface area (Å²) in [5.74, 6) is 0. The molecular weight excluding hydrogens is 218 g/mol. The molecule has 0 aliphatic carbocycles. The molecule has 0 radical (unpaired) electrons. The summed E-state index contributed by atoms with van der Waals surface area (Å²) in [7, 11) is 0. The van der Waals surface area contributed by atoms with Gasteiger partial charge < -0.3 is 5.73 Å². The van der Waals surface area contributed by atoms with Crippen molar-refractivity contribution in [3.63, 3.8) is 0 Å². The molecule has 0 fully saturated rings. The van der Waals surface area contributed by atoms with Crippen LogP contribution in [0.15, 0.2) is 42.5 Å². The van der Waals surface area contributed by atoms with E-state index in [4.69, 9.17) is 17.3 Å². The smallest absolute Gasteiger partial charge is 0.0406 e. The van der Waals surface area contributed by atoms with Gasteiger partial charge in [-0.25, -0.2) is 0 Å². The summed E-state index contributed by atoms with van der Waals surface area (Å²) in [6.45, 7) is 2.65. The topological polar surface area (TPSA) is 26.0 Å². The quantitative estimate of drug-likeness (QED) is 0.837. The molecule has 0 unspecified atom stereocenters. The first-order valence-electron chi connectivity index (χ1n) is 5.25. The predicted molar refractivity (Wildman–Crippen MR) is 69.5 cm³/mol. The van der Waals surface area contributed by atoms with Crippen molar-refractivity contribution >= 4 is 11.6 Å². The van der Waals surface area contributed by atoms with Gasteiger partial charge in [-0.15, -0.1) is 0 Å². The highest BCUT2D eigenvalue weighted by Gasteiger charge is 2.00. The van der Waals surface area contributed by atoms with E-state index in [1.165, 1.54) is 16.7 Å². The van der Waals surface area contributed by atoms with Gasteiger partial charge >= 0.3 is 0 Å². The van der Waals surface area contributed by atoms with Crippen LogP contribution in [0.2, 0.25) is 5.02 Å². The van der Waals surface area contributed by atoms with Gasteiger partial charge in [-0.2, -0.15) is 0 Å². The number of aryl methyl sites for hydroxylation is 1. The van der Waals surface area contributed by atoms with E-state index in [0.29, 0.717) is 6.54 Å². The Balaban J connectivity index is 2.47. The fourth-order valence-electron chi connectivity index (χ4n) is 1.79. The van der Waals surface area contributed by atoms with Gasteiger partial charge in [0.2, 0.25) is 0 Å². The van der Waals surface area contributed by atoms with Crippen molar-refractivity contribution in [1.29, 1.82) is 0 Å². The normalized spacial score (nSPS) is 10.4. The molecule has 0 heterocycles. The molecular formula is C14H14ClN. The Bertz CT molecular complexity index is 489. The van der Waals surface area contributed by atoms with E-state index in [-0.39, 0.29) is 0 Å². The SMILES string of the molecule is Cc1cc(CN)cc(-c2ccc(Cl)cc2)c1. The van der Waals surface area contributed by atoms with Gasteiger partial charge in [0, 0.05) is 11.6 Å². The summed E-state index contributed by atoms with van der Waals surface area (Å²) in [5.41, 5.74) is 10.4. The van der Waals surface area contributed by atoms with E-state index < -0.39 is 0 Å². The van der Waals surface area contributed by atoms with Crippen LogP contribution in [0.1, 0.15) is 11.1 Å². The molecule has 0 aliphatic rings. The monoisotopic (exact) mass is 231 g/mol. The third-order valence-corrected chi connectivity index (χ3v) is 2.80. The molecule has 2 aromatic carbocycles. The Hall–Kier alpha value is -1.31. The minimum Gasteiger partial charge on any atom is -0.326 e. The molecule has 2 heteroatoms. The number of hydrogen-bond donors (Lipinski definition) is 1. The Morgan fingerprint density at radius 1 is 1.00 bits per heavy atom. The zero-order valence-corrected chi connectivity index (χ0v) is 9.96. The molecule has 0 aliphatic heterocycles. The average molecular weight is 232 g/mol. The highest BCUT2D eigenvalue weighted by atomic mass is 35.5. The molecule has 2 aromatic rings. The van der Waals surface area contributed by atoms with Crippen molar-refractivity contribution in [2.75, 3.05) is 0 Å². The fourth-order valence-corrected chi connectivity index (χ4v) is 1.92. The number of halogens is 1. The van der Waals surface area contributed by atoms with Gasteiger partial charge in [-0.1, -0.05) is 41.4 Å². The summed E-state index contributed by atoms with van der Waals surface area (Å²) in [5, 5.41) is 0.760. The van der Waals surface area contributed by atoms with Gasteiger partial charge in [-0.3, -0.25) is 0 Å². The van der Waals surface area contributed by atoms with Crippen LogP contribution >= 0.6 is 11.6 Å². The Morgan fingerprint density at radius 3 is 2.31 bits per heavy atom. The zero-order valence-electron chi connectivity index (χ0n) is 9.20. The van der Waals surface area contributed by atoms with Crippen LogP contribution in [0.4, 0.5) is 0 Å². The van der Waals surface area contributed by atoms with E-state index >= 15 is 0 Å². The van der Waals surface area contributed by atoms with E-state index in [2.05, 4.69) is 25.1 Å². The molecule has 0 spiro atoms. The molecule has 1 nitrogen and oxygen atoms in total. The van der Waals surface area contributed by atoms with Crippen molar-refractivity contribution in [1.82, 2.24) is 0 Å². The lowest BCUT2D eigenvalue weighted by Crippen LogP contribution is -1.97. The lowest BCUT2D eigenvalue weighted by Gasteiger charge is -2.06. The molecule has 2 rings (SSSR count). The lowest BCUT2D eigenvalue weighted by molar-refractivity contribution is 1.07. The standard InChI is InChI=1S/C14H14ClN/c1-10-6-11(9-16)8-13(7-10)12-2-4-14(15)5-3-12/h2-8H,9,16H2,1H3. The molecule has 0 saturated heterocycles. The highest BCUT2D eigenvalue weighted by molar-refractivity contribution is 6.30. The van der Waals surface area contributed by atoms with Gasteiger partial charge in [0.05, 0.1) is 0 Å². The molecule has 0 aromatic heterocycles. The maximum absolute atomic E-state index is 5.87. The van der Waals surface area contributed by atoms with E-state index in [9.17, 15) is 0 Å². The van der Waals surface area contributed by atoms with Crippen LogP contribution < -0.4 is 5.73 Å². The molecule has 82 valence electrons. The summed E-state index contributed by atoms with van der Waals surface area (Å²) >= 11 is 5.87. The maximum Gasteiger partial charge on any atom is 0.0406 e. The first kappa shape index (κ1) is 11.2. The minimum absolute atomic E-state index is 0.572. The molecule has 2 N–H and O–H groups in total. The summed E-state index contributed by atoms with van der Waals surface area (Å²) in [6.07, 6.45) is 0. The van der Waals surface area contributed by atoms with Crippen molar-refractivity contribution in [3.8, 4) is 11.1 Å². The van der Waals surface area contributed by atoms with E-state index in [1.54, 1.807) is 0 Å². The lowest BCUT2D eigenvalue weighted by atomic mass is 10.0. The third-order valence-electron chi connectivity index (χ3n) is 2.55. The molecule has 16 heavy (non-hydrogen) atoms. The Morgan fingerprint density at radius 2 is 1.69 bits per heavy atom. The number of benzene rings is 2. The molecule has 0 amide bonds. The second kappa shape index (κ2) is 4.69. The first-order valence-corrected chi connectivity index (χ1v) is 5.63. The van der Waals surface area contributed by atoms with Crippen LogP contribution in [0.5, 0.6) is 0 Å². The maximum atomic E-state index is 5.87. The first-order chi connectivity index (χ1) is 7.69. The third kappa shape index (κ3) is 2.43. The average Bonchev–Trinajstić information content (AvgIpc) is 2.29. The molecule has 0 atom stereocenters. The van der Waals surface area contributed by atoms with Gasteiger partial charge in [0.1, 0.15) is 0 Å². The van der Waals surface area contributed by atoms with Crippen molar-refractivity contribution in [3.05, 3.63) is 58.6 Å². The van der Waals surface area contributed by atoms with Crippen LogP contribution in [0, 0.1) is 6.92 Å². The van der Waals surface area contributed by atoms with Crippen LogP contribution in [0.3, 0.4) is 0 Å². The highest BCUT2D eigenvalue weighted by Crippen LogP contribution is 2.23. The summed E-state index contributed by atoms with van der Waals surface area (Å²) in [6, 6.07) is 14.2. The Labute approximate surface area is 101 Å². The Kier molecular flexibility index (Phi) is 3.28. The van der Waals surface area contributed by atoms with Gasteiger partial charge in [0.15, 0.2) is 0 Å². The molecule has 0 bridgehead atoms. The second-order valence-corrected chi connectivity index (χ2v) is 4.35. The summed E-state index contributed by atoms with van der Waals surface area (Å²) in [4.78, 5) is 0. The molecule has 0 saturated carbocycles. The fraction of sp³-hybridized carbons (Fsp3) is 0.143. The largest absolute Gasteiger partial charge is 0.326 e. The second-order valence-electron chi connectivity index (χ2n) is 3.92. The van der Waals surface area contributed by atoms with Gasteiger partial charge in [-0.05, 0) is 41.8 Å². The van der Waals surface area contributed by atoms with E-state index in [0.717, 1.165) is 10.6 Å². The van der Waals surface area contributed by atoms with Crippen LogP contribution in [-0.2, 0) is 6.54 Å². The van der Waals surface area contributed by atoms with Crippen molar-refractivity contribution in [2.45, 2.75) is 13.5 Å². The van der Waals surface area contributed by atoms with Gasteiger partial charge in [0.25, 0.3) is 0 Å². The van der Waals surface area contributed by atoms with Crippen LogP contribution in [-0.4, -0.2) is 0 Å². The predicted octanol–water partition coefficient (Wildman–Crippen LogP) is 3.77. The number of rotatable bonds is 2. The zero-order chi connectivity index (χ0) is 11.5. The van der Waals surface area contributed by atoms with Crippen molar-refractivity contribution < 1.29 is 0 Å². The van der Waals surface area contributed by atoms with E-state index in [1.807, 2.05) is 24.3 Å². The summed E-state index contributed by atoms with van der Waals surface area (Å²) < 4.78 is 0. The van der Waals surface area contributed by atoms with Crippen molar-refractivity contribution in [2.24, 2.45) is 5.73 Å². The number of hydrogen-bond acceptors (Lipinski definition) is 1. The number of nitrogens with two attached hydrogens (primary N) is 1.